The van der Waals surface area contributed by atoms with Gasteiger partial charge in [0, 0.05) is 0 Å². The number of carboxylic acids is 1. The van der Waals surface area contributed by atoms with Crippen molar-refractivity contribution in [2.24, 2.45) is 0 Å². The summed E-state index contributed by atoms with van der Waals surface area (Å²) in [6.07, 6.45) is -5.07. The summed E-state index contributed by atoms with van der Waals surface area (Å²) >= 11 is 1.03. The highest BCUT2D eigenvalue weighted by atomic mass is 32.1. The van der Waals surface area contributed by atoms with Crippen molar-refractivity contribution in [1.82, 2.24) is 5.32 Å². The van der Waals surface area contributed by atoms with Crippen LogP contribution in [-0.4, -0.2) is 35.2 Å². The molecule has 3 N–H and O–H groups in total. The number of rotatable bonds is 5. The molecule has 21 heavy (non-hydrogen) atoms. The van der Waals surface area contributed by atoms with Gasteiger partial charge in [-0.2, -0.15) is 18.4 Å². The van der Waals surface area contributed by atoms with E-state index in [-0.39, 0.29) is 10.6 Å². The molecule has 0 aliphatic rings. The van der Waals surface area contributed by atoms with E-state index in [4.69, 9.17) is 10.4 Å². The van der Waals surface area contributed by atoms with Crippen LogP contribution in [0.5, 0.6) is 0 Å². The number of carboxylic acid groups (broad SMARTS) is 1. The number of halogens is 3. The van der Waals surface area contributed by atoms with Gasteiger partial charge in [0.2, 0.25) is 11.4 Å². The average Bonchev–Trinajstić information content (AvgIpc) is 2.81. The fourth-order valence-corrected chi connectivity index (χ4v) is 1.97. The van der Waals surface area contributed by atoms with Crippen molar-refractivity contribution >= 4 is 28.2 Å². The number of carbonyl (C=O) groups is 2. The predicted octanol–water partition coefficient (Wildman–Crippen LogP) is 1.55. The molecule has 1 aromatic rings. The maximum Gasteiger partial charge on any atom is 0.417 e. The monoisotopic (exact) mass is 321 g/mol. The number of hydrogen-bond donors (Lipinski definition) is 3. The second-order valence-electron chi connectivity index (χ2n) is 4.10. The van der Waals surface area contributed by atoms with Gasteiger partial charge in [-0.05, 0) is 18.4 Å². The molecule has 0 radical (unpaired) electrons. The van der Waals surface area contributed by atoms with Crippen LogP contribution in [0.2, 0.25) is 0 Å². The fourth-order valence-electron chi connectivity index (χ4n) is 1.22. The normalized spacial score (nSPS) is 14.0. The average molecular weight is 321 g/mol. The number of nitrogens with one attached hydrogen (secondary N) is 2. The van der Waals surface area contributed by atoms with Crippen LogP contribution in [0.15, 0.2) is 11.4 Å². The summed E-state index contributed by atoms with van der Waals surface area (Å²) in [5.41, 5.74) is -3.07. The van der Waals surface area contributed by atoms with Crippen LogP contribution in [-0.2, 0) is 9.59 Å². The van der Waals surface area contributed by atoms with E-state index in [0.717, 1.165) is 11.3 Å². The van der Waals surface area contributed by atoms with Crippen LogP contribution < -0.4 is 10.6 Å². The summed E-state index contributed by atoms with van der Waals surface area (Å²) in [5, 5.41) is 23.0. The smallest absolute Gasteiger partial charge is 0.417 e. The summed E-state index contributed by atoms with van der Waals surface area (Å²) in [6, 6.07) is 3.23. The third kappa shape index (κ3) is 3.71. The van der Waals surface area contributed by atoms with Gasteiger partial charge >= 0.3 is 12.1 Å². The number of aliphatic carboxylic acids is 1. The zero-order chi connectivity index (χ0) is 16.3. The lowest BCUT2D eigenvalue weighted by molar-refractivity contribution is -0.205. The molecule has 1 heterocycles. The molecule has 0 saturated heterocycles. The second kappa shape index (κ2) is 6.11. The molecule has 1 atom stereocenters. The molecule has 1 aromatic heterocycles. The number of carbonyl (C=O) groups excluding carboxylic acids is 1. The molecule has 6 nitrogen and oxygen atoms in total. The first kappa shape index (κ1) is 16.9. The minimum Gasteiger partial charge on any atom is -0.480 e. The van der Waals surface area contributed by atoms with E-state index in [0.29, 0.717) is 6.92 Å². The Bertz CT molecular complexity index is 594. The van der Waals surface area contributed by atoms with Crippen LogP contribution in [0.1, 0.15) is 12.5 Å². The Morgan fingerprint density at radius 2 is 2.10 bits per heavy atom. The highest BCUT2D eigenvalue weighted by molar-refractivity contribution is 7.14. The van der Waals surface area contributed by atoms with Crippen LogP contribution in [0.4, 0.5) is 18.2 Å². The Labute approximate surface area is 121 Å². The topological polar surface area (TPSA) is 102 Å². The second-order valence-corrected chi connectivity index (χ2v) is 5.02. The molecular weight excluding hydrogens is 311 g/mol. The van der Waals surface area contributed by atoms with Gasteiger partial charge in [-0.25, -0.2) is 4.79 Å². The van der Waals surface area contributed by atoms with Gasteiger partial charge in [0.25, 0.3) is 0 Å². The molecule has 1 amide bonds. The van der Waals surface area contributed by atoms with E-state index in [1.165, 1.54) is 11.4 Å². The Morgan fingerprint density at radius 1 is 1.48 bits per heavy atom. The van der Waals surface area contributed by atoms with Crippen LogP contribution >= 0.6 is 11.3 Å². The summed E-state index contributed by atoms with van der Waals surface area (Å²) in [7, 11) is 0. The molecule has 0 spiro atoms. The Balaban J connectivity index is 2.72. The maximum absolute atomic E-state index is 12.7. The molecule has 114 valence electrons. The number of anilines is 1. The van der Waals surface area contributed by atoms with Crippen LogP contribution in [0.3, 0.4) is 0 Å². The van der Waals surface area contributed by atoms with Gasteiger partial charge < -0.3 is 10.4 Å². The zero-order valence-electron chi connectivity index (χ0n) is 10.6. The molecule has 0 aromatic carbocycles. The van der Waals surface area contributed by atoms with Gasteiger partial charge in [-0.1, -0.05) is 0 Å². The zero-order valence-corrected chi connectivity index (χ0v) is 11.4. The minimum atomic E-state index is -5.07. The lowest BCUT2D eigenvalue weighted by atomic mass is 10.0. The highest BCUT2D eigenvalue weighted by Crippen LogP contribution is 2.30. The number of hydrogen-bond acceptors (Lipinski definition) is 5. The molecule has 10 heteroatoms. The molecule has 0 fully saturated rings. The first-order valence-corrected chi connectivity index (χ1v) is 6.32. The van der Waals surface area contributed by atoms with Crippen molar-refractivity contribution in [3.8, 4) is 6.07 Å². The highest BCUT2D eigenvalue weighted by Gasteiger charge is 2.57. The summed E-state index contributed by atoms with van der Waals surface area (Å²) < 4.78 is 38.1. The molecule has 0 saturated carbocycles. The Kier molecular flexibility index (Phi) is 4.93. The fraction of sp³-hybridized carbons (Fsp3) is 0.364. The molecular formula is C11H10F3N3O3S. The number of nitriles is 1. The van der Waals surface area contributed by atoms with Gasteiger partial charge in [0.15, 0.2) is 0 Å². The number of nitrogens with zero attached hydrogens (tertiary/aromatic N) is 1. The van der Waals surface area contributed by atoms with E-state index < -0.39 is 30.1 Å². The third-order valence-corrected chi connectivity index (χ3v) is 3.47. The Hall–Kier alpha value is -2.12. The molecule has 0 bridgehead atoms. The lowest BCUT2D eigenvalue weighted by Crippen LogP contribution is -2.61. The quantitative estimate of drug-likeness (QED) is 0.764. The van der Waals surface area contributed by atoms with E-state index in [2.05, 4.69) is 5.32 Å². The first-order valence-electron chi connectivity index (χ1n) is 5.44. The van der Waals surface area contributed by atoms with Crippen molar-refractivity contribution in [3.63, 3.8) is 0 Å². The van der Waals surface area contributed by atoms with E-state index in [9.17, 15) is 22.8 Å². The molecule has 1 rings (SSSR count). The van der Waals surface area contributed by atoms with Crippen molar-refractivity contribution in [1.29, 1.82) is 5.26 Å². The summed E-state index contributed by atoms with van der Waals surface area (Å²) in [4.78, 5) is 22.3. The standard InChI is InChI=1S/C11H10F3N3O3S/c1-10(9(19)20,11(12,13)14)16-5-7(18)17-8-6(4-15)2-3-21-8/h2-3,16H,5H2,1H3,(H,17,18)(H,19,20). The largest absolute Gasteiger partial charge is 0.480 e. The van der Waals surface area contributed by atoms with Crippen LogP contribution in [0.25, 0.3) is 0 Å². The molecule has 0 aliphatic carbocycles. The van der Waals surface area contributed by atoms with Gasteiger partial charge in [0.1, 0.15) is 11.1 Å². The Morgan fingerprint density at radius 3 is 2.57 bits per heavy atom. The predicted molar refractivity (Wildman–Crippen MR) is 67.8 cm³/mol. The summed E-state index contributed by atoms with van der Waals surface area (Å²) in [6.45, 7) is -0.445. The van der Waals surface area contributed by atoms with Crippen molar-refractivity contribution in [3.05, 3.63) is 17.0 Å². The maximum atomic E-state index is 12.7. The molecule has 0 aliphatic heterocycles. The minimum absolute atomic E-state index is 0.171. The molecule has 1 unspecified atom stereocenters. The lowest BCUT2D eigenvalue weighted by Gasteiger charge is -2.28. The number of amides is 1. The van der Waals surface area contributed by atoms with Gasteiger partial charge in [-0.3, -0.25) is 10.1 Å². The van der Waals surface area contributed by atoms with E-state index in [1.54, 1.807) is 11.4 Å². The van der Waals surface area contributed by atoms with Crippen molar-refractivity contribution in [2.45, 2.75) is 18.6 Å². The first-order chi connectivity index (χ1) is 9.61. The van der Waals surface area contributed by atoms with Crippen LogP contribution in [0, 0.1) is 11.3 Å². The van der Waals surface area contributed by atoms with Crippen molar-refractivity contribution < 1.29 is 27.9 Å². The summed E-state index contributed by atoms with van der Waals surface area (Å²) in [5.74, 6) is -3.03. The van der Waals surface area contributed by atoms with Gasteiger partial charge in [0.05, 0.1) is 12.1 Å². The third-order valence-electron chi connectivity index (χ3n) is 2.64. The van der Waals surface area contributed by atoms with Crippen molar-refractivity contribution in [2.75, 3.05) is 11.9 Å². The number of alkyl halides is 3. The number of thiophene rings is 1. The van der Waals surface area contributed by atoms with Gasteiger partial charge in [-0.15, -0.1) is 11.3 Å². The SMILES string of the molecule is CC(NCC(=O)Nc1sccc1C#N)(C(=O)O)C(F)(F)F. The van der Waals surface area contributed by atoms with E-state index in [1.807, 2.05) is 0 Å². The van der Waals surface area contributed by atoms with E-state index >= 15 is 0 Å².